The van der Waals surface area contributed by atoms with Crippen molar-refractivity contribution in [1.29, 1.82) is 0 Å². The van der Waals surface area contributed by atoms with E-state index in [2.05, 4.69) is 26.1 Å². The Morgan fingerprint density at radius 2 is 2.14 bits per heavy atom. The lowest BCUT2D eigenvalue weighted by molar-refractivity contribution is -0.151. The van der Waals surface area contributed by atoms with Crippen LogP contribution in [0.25, 0.3) is 10.8 Å². The van der Waals surface area contributed by atoms with Crippen LogP contribution in [0.2, 0.25) is 0 Å². The average Bonchev–Trinajstić information content (AvgIpc) is 3.14. The van der Waals surface area contributed by atoms with E-state index >= 15 is 0 Å². The minimum Gasteiger partial charge on any atom is -0.455 e. The van der Waals surface area contributed by atoms with Crippen LogP contribution in [0.15, 0.2) is 20.3 Å². The van der Waals surface area contributed by atoms with E-state index in [1.165, 1.54) is 17.8 Å². The van der Waals surface area contributed by atoms with E-state index in [0.717, 1.165) is 34.3 Å². The summed E-state index contributed by atoms with van der Waals surface area (Å²) in [6.07, 6.45) is 5.29. The first-order valence-electron chi connectivity index (χ1n) is 6.97. The minimum atomic E-state index is -0.145. The van der Waals surface area contributed by atoms with E-state index < -0.39 is 0 Å². The summed E-state index contributed by atoms with van der Waals surface area (Å²) in [6.45, 7) is 0.0505. The largest absolute Gasteiger partial charge is 0.455 e. The highest BCUT2D eigenvalue weighted by molar-refractivity contribution is 9.11. The monoisotopic (exact) mass is 370 g/mol. The Kier molecular flexibility index (Phi) is 4.70. The van der Waals surface area contributed by atoms with E-state index in [-0.39, 0.29) is 18.5 Å². The molecular weight excluding hydrogens is 356 g/mol. The number of hydrogen-bond acceptors (Lipinski definition) is 6. The van der Waals surface area contributed by atoms with E-state index in [4.69, 9.17) is 9.15 Å². The summed E-state index contributed by atoms with van der Waals surface area (Å²) < 4.78 is 11.8. The normalized spacial score (nSPS) is 16.0. The molecule has 0 saturated heterocycles. The molecule has 1 fully saturated rings. The zero-order valence-electron chi connectivity index (χ0n) is 11.4. The first kappa shape index (κ1) is 14.7. The standard InChI is InChI=1S/C14H15BrN2O3S/c15-11-7-6-10(21-11)13-17-16-12(20-13)8-19-14(18)9-4-2-1-3-5-9/h6-7,9H,1-5,8H2. The van der Waals surface area contributed by atoms with Crippen LogP contribution in [0, 0.1) is 5.92 Å². The van der Waals surface area contributed by atoms with Crippen molar-refractivity contribution in [3.8, 4) is 10.8 Å². The molecule has 2 aromatic heterocycles. The van der Waals surface area contributed by atoms with E-state index in [0.29, 0.717) is 11.8 Å². The number of nitrogens with zero attached hydrogens (tertiary/aromatic N) is 2. The molecule has 0 aliphatic heterocycles. The predicted octanol–water partition coefficient (Wildman–Crippen LogP) is 4.18. The van der Waals surface area contributed by atoms with Crippen molar-refractivity contribution in [3.63, 3.8) is 0 Å². The molecule has 2 heterocycles. The van der Waals surface area contributed by atoms with Gasteiger partial charge in [-0.05, 0) is 40.9 Å². The Labute approximate surface area is 134 Å². The Hall–Kier alpha value is -1.21. The maximum absolute atomic E-state index is 11.9. The van der Waals surface area contributed by atoms with Gasteiger partial charge in [-0.2, -0.15) is 0 Å². The smallest absolute Gasteiger partial charge is 0.309 e. The second-order valence-electron chi connectivity index (χ2n) is 5.05. The molecule has 0 atom stereocenters. The SMILES string of the molecule is O=C(OCc1nnc(-c2ccc(Br)s2)o1)C1CCCCC1. The second kappa shape index (κ2) is 6.70. The van der Waals surface area contributed by atoms with Gasteiger partial charge in [0.2, 0.25) is 0 Å². The molecule has 0 radical (unpaired) electrons. The molecule has 0 bridgehead atoms. The van der Waals surface area contributed by atoms with Gasteiger partial charge in [0, 0.05) is 0 Å². The third kappa shape index (κ3) is 3.71. The van der Waals surface area contributed by atoms with Gasteiger partial charge in [-0.25, -0.2) is 0 Å². The summed E-state index contributed by atoms with van der Waals surface area (Å²) >= 11 is 4.90. The molecule has 3 rings (SSSR count). The first-order chi connectivity index (χ1) is 10.2. The highest BCUT2D eigenvalue weighted by Gasteiger charge is 2.23. The van der Waals surface area contributed by atoms with Crippen LogP contribution in [-0.4, -0.2) is 16.2 Å². The van der Waals surface area contributed by atoms with Crippen LogP contribution in [0.3, 0.4) is 0 Å². The lowest BCUT2D eigenvalue weighted by atomic mass is 9.89. The van der Waals surface area contributed by atoms with Gasteiger partial charge in [-0.3, -0.25) is 4.79 Å². The molecule has 112 valence electrons. The molecule has 1 saturated carbocycles. The Morgan fingerprint density at radius 1 is 1.33 bits per heavy atom. The number of carbonyl (C=O) groups excluding carboxylic acids is 1. The average molecular weight is 371 g/mol. The van der Waals surface area contributed by atoms with E-state index in [1.807, 2.05) is 12.1 Å². The molecular formula is C14H15BrN2O3S. The van der Waals surface area contributed by atoms with Crippen LogP contribution < -0.4 is 0 Å². The van der Waals surface area contributed by atoms with Gasteiger partial charge < -0.3 is 9.15 Å². The molecule has 0 N–H and O–H groups in total. The number of halogens is 1. The van der Waals surface area contributed by atoms with Gasteiger partial charge in [0.05, 0.1) is 14.6 Å². The van der Waals surface area contributed by atoms with Crippen LogP contribution in [0.4, 0.5) is 0 Å². The summed E-state index contributed by atoms with van der Waals surface area (Å²) in [7, 11) is 0. The first-order valence-corrected chi connectivity index (χ1v) is 8.58. The van der Waals surface area contributed by atoms with Crippen molar-refractivity contribution < 1.29 is 13.9 Å². The molecule has 0 spiro atoms. The lowest BCUT2D eigenvalue weighted by Crippen LogP contribution is -2.20. The zero-order valence-corrected chi connectivity index (χ0v) is 13.8. The summed E-state index contributed by atoms with van der Waals surface area (Å²) in [6, 6.07) is 3.83. The maximum Gasteiger partial charge on any atom is 0.309 e. The fraction of sp³-hybridized carbons (Fsp3) is 0.500. The highest BCUT2D eigenvalue weighted by Crippen LogP contribution is 2.30. The Balaban J connectivity index is 1.56. The molecule has 5 nitrogen and oxygen atoms in total. The number of ether oxygens (including phenoxy) is 1. The third-order valence-electron chi connectivity index (χ3n) is 3.53. The quantitative estimate of drug-likeness (QED) is 0.755. The third-order valence-corrected chi connectivity index (χ3v) is 5.14. The van der Waals surface area contributed by atoms with Gasteiger partial charge in [-0.1, -0.05) is 19.3 Å². The highest BCUT2D eigenvalue weighted by atomic mass is 79.9. The second-order valence-corrected chi connectivity index (χ2v) is 7.51. The summed E-state index contributed by atoms with van der Waals surface area (Å²) in [5.74, 6) is 0.677. The summed E-state index contributed by atoms with van der Waals surface area (Å²) in [5.41, 5.74) is 0. The number of thiophene rings is 1. The molecule has 1 aliphatic rings. The summed E-state index contributed by atoms with van der Waals surface area (Å²) in [4.78, 5) is 12.8. The van der Waals surface area contributed by atoms with Crippen molar-refractivity contribution in [3.05, 3.63) is 21.8 Å². The summed E-state index contributed by atoms with van der Waals surface area (Å²) in [5, 5.41) is 7.89. The van der Waals surface area contributed by atoms with Crippen LogP contribution in [-0.2, 0) is 16.1 Å². The van der Waals surface area contributed by atoms with Gasteiger partial charge in [0.1, 0.15) is 0 Å². The minimum absolute atomic E-state index is 0.0365. The van der Waals surface area contributed by atoms with Crippen molar-refractivity contribution in [2.75, 3.05) is 0 Å². The van der Waals surface area contributed by atoms with Gasteiger partial charge in [0.25, 0.3) is 11.8 Å². The Morgan fingerprint density at radius 3 is 2.86 bits per heavy atom. The number of rotatable bonds is 4. The molecule has 0 aromatic carbocycles. The van der Waals surface area contributed by atoms with Crippen LogP contribution in [0.5, 0.6) is 0 Å². The molecule has 0 amide bonds. The van der Waals surface area contributed by atoms with Crippen molar-refractivity contribution in [2.24, 2.45) is 5.92 Å². The van der Waals surface area contributed by atoms with Gasteiger partial charge in [0.15, 0.2) is 6.61 Å². The fourth-order valence-electron chi connectivity index (χ4n) is 2.43. The Bertz CT molecular complexity index is 619. The molecule has 7 heteroatoms. The maximum atomic E-state index is 11.9. The predicted molar refractivity (Wildman–Crippen MR) is 81.7 cm³/mol. The van der Waals surface area contributed by atoms with Gasteiger partial charge in [-0.15, -0.1) is 21.5 Å². The fourth-order valence-corrected chi connectivity index (χ4v) is 3.74. The molecule has 0 unspecified atom stereocenters. The lowest BCUT2D eigenvalue weighted by Gasteiger charge is -2.19. The number of esters is 1. The number of hydrogen-bond donors (Lipinski definition) is 0. The van der Waals surface area contributed by atoms with Gasteiger partial charge >= 0.3 is 5.97 Å². The van der Waals surface area contributed by atoms with E-state index in [1.54, 1.807) is 0 Å². The van der Waals surface area contributed by atoms with Crippen molar-refractivity contribution in [1.82, 2.24) is 10.2 Å². The topological polar surface area (TPSA) is 65.2 Å². The molecule has 1 aliphatic carbocycles. The van der Waals surface area contributed by atoms with Crippen molar-refractivity contribution >= 4 is 33.2 Å². The molecule has 2 aromatic rings. The van der Waals surface area contributed by atoms with E-state index in [9.17, 15) is 4.79 Å². The van der Waals surface area contributed by atoms with Crippen LogP contribution >= 0.6 is 27.3 Å². The number of carbonyl (C=O) groups is 1. The van der Waals surface area contributed by atoms with Crippen LogP contribution in [0.1, 0.15) is 38.0 Å². The number of aromatic nitrogens is 2. The zero-order chi connectivity index (χ0) is 14.7. The van der Waals surface area contributed by atoms with Crippen molar-refractivity contribution in [2.45, 2.75) is 38.7 Å². The molecule has 21 heavy (non-hydrogen) atoms.